The molecule has 0 aliphatic carbocycles. The second-order valence-electron chi connectivity index (χ2n) is 7.37. The first kappa shape index (κ1) is 21.5. The molecule has 1 aliphatic rings. The molecule has 3 aromatic rings. The number of hydrogen-bond acceptors (Lipinski definition) is 5. The third kappa shape index (κ3) is 3.98. The van der Waals surface area contributed by atoms with E-state index in [9.17, 15) is 4.79 Å². The smallest absolute Gasteiger partial charge is 0.259 e. The van der Waals surface area contributed by atoms with E-state index in [0.29, 0.717) is 47.5 Å². The maximum absolute atomic E-state index is 13.2. The van der Waals surface area contributed by atoms with Gasteiger partial charge in [0, 0.05) is 31.6 Å². The summed E-state index contributed by atoms with van der Waals surface area (Å²) in [4.78, 5) is 22.0. The summed E-state index contributed by atoms with van der Waals surface area (Å²) in [7, 11) is 3.13. The Morgan fingerprint density at radius 2 is 1.71 bits per heavy atom. The number of halogens is 2. The van der Waals surface area contributed by atoms with Crippen molar-refractivity contribution in [2.75, 3.05) is 45.3 Å². The summed E-state index contributed by atoms with van der Waals surface area (Å²) in [5.41, 5.74) is 2.27. The molecule has 1 aliphatic heterocycles. The highest BCUT2D eigenvalue weighted by molar-refractivity contribution is 6.37. The van der Waals surface area contributed by atoms with Crippen molar-refractivity contribution in [2.45, 2.75) is 6.92 Å². The molecule has 0 bridgehead atoms. The predicted molar refractivity (Wildman–Crippen MR) is 124 cm³/mol. The summed E-state index contributed by atoms with van der Waals surface area (Å²) in [5, 5.41) is 1.76. The number of ether oxygens (including phenoxy) is 2. The van der Waals surface area contributed by atoms with E-state index in [1.165, 1.54) is 7.11 Å². The zero-order valence-electron chi connectivity index (χ0n) is 17.6. The molecule has 1 fully saturated rings. The maximum Gasteiger partial charge on any atom is 0.259 e. The number of rotatable bonds is 4. The van der Waals surface area contributed by atoms with Gasteiger partial charge in [0.2, 0.25) is 0 Å². The van der Waals surface area contributed by atoms with Crippen molar-refractivity contribution in [3.05, 3.63) is 57.6 Å². The Morgan fingerprint density at radius 1 is 1.00 bits per heavy atom. The van der Waals surface area contributed by atoms with E-state index in [1.54, 1.807) is 24.1 Å². The summed E-state index contributed by atoms with van der Waals surface area (Å²) < 4.78 is 10.8. The first-order chi connectivity index (χ1) is 14.9. The minimum absolute atomic E-state index is 0.187. The van der Waals surface area contributed by atoms with Crippen LogP contribution >= 0.6 is 23.2 Å². The topological polar surface area (TPSA) is 54.9 Å². The molecule has 1 aromatic heterocycles. The number of piperazine rings is 1. The number of methoxy groups -OCH3 is 2. The highest BCUT2D eigenvalue weighted by atomic mass is 35.5. The summed E-state index contributed by atoms with van der Waals surface area (Å²) in [6.07, 6.45) is 0. The molecule has 0 atom stereocenters. The van der Waals surface area contributed by atoms with Crippen molar-refractivity contribution in [1.29, 1.82) is 0 Å². The van der Waals surface area contributed by atoms with Crippen LogP contribution < -0.4 is 14.4 Å². The number of pyridine rings is 1. The van der Waals surface area contributed by atoms with E-state index in [2.05, 4.69) is 17.9 Å². The van der Waals surface area contributed by atoms with Crippen molar-refractivity contribution < 1.29 is 14.3 Å². The van der Waals surface area contributed by atoms with Crippen LogP contribution in [0.5, 0.6) is 11.5 Å². The van der Waals surface area contributed by atoms with Crippen molar-refractivity contribution in [2.24, 2.45) is 0 Å². The van der Waals surface area contributed by atoms with E-state index in [-0.39, 0.29) is 5.91 Å². The van der Waals surface area contributed by atoms with Gasteiger partial charge in [-0.15, -0.1) is 0 Å². The van der Waals surface area contributed by atoms with Crippen LogP contribution in [0.25, 0.3) is 10.9 Å². The quantitative estimate of drug-likeness (QED) is 0.559. The fourth-order valence-electron chi connectivity index (χ4n) is 3.93. The zero-order chi connectivity index (χ0) is 22.1. The fourth-order valence-corrected chi connectivity index (χ4v) is 4.39. The number of anilines is 1. The molecule has 0 saturated carbocycles. The third-order valence-corrected chi connectivity index (χ3v) is 6.20. The fraction of sp³-hybridized carbons (Fsp3) is 0.304. The standard InChI is InChI=1S/C23H23Cl2N3O3/c1-14-13-19(26-21-15(14)5-4-6-18(21)30-2)27-9-11-28(12-10-27)23(29)20-16(24)7-8-17(25)22(20)31-3/h4-8,13H,9-12H2,1-3H3. The largest absolute Gasteiger partial charge is 0.494 e. The Morgan fingerprint density at radius 3 is 2.39 bits per heavy atom. The minimum atomic E-state index is -0.187. The molecule has 0 radical (unpaired) electrons. The predicted octanol–water partition coefficient (Wildman–Crippen LogP) is 4.83. The monoisotopic (exact) mass is 459 g/mol. The second-order valence-corrected chi connectivity index (χ2v) is 8.18. The number of fused-ring (bicyclic) bond motifs is 1. The van der Waals surface area contributed by atoms with Gasteiger partial charge >= 0.3 is 0 Å². The molecule has 8 heteroatoms. The number of carbonyl (C=O) groups excluding carboxylic acids is 1. The van der Waals surface area contributed by atoms with Gasteiger partial charge in [-0.2, -0.15) is 0 Å². The van der Waals surface area contributed by atoms with Gasteiger partial charge in [0.25, 0.3) is 5.91 Å². The second kappa shape index (κ2) is 8.81. The Balaban J connectivity index is 1.56. The van der Waals surface area contributed by atoms with Crippen LogP contribution in [0.1, 0.15) is 15.9 Å². The van der Waals surface area contributed by atoms with Gasteiger partial charge in [-0.05, 0) is 36.8 Å². The molecular formula is C23H23Cl2N3O3. The van der Waals surface area contributed by atoms with E-state index in [4.69, 9.17) is 37.7 Å². The van der Waals surface area contributed by atoms with Gasteiger partial charge in [-0.1, -0.05) is 35.3 Å². The van der Waals surface area contributed by atoms with Crippen LogP contribution in [0, 0.1) is 6.92 Å². The first-order valence-electron chi connectivity index (χ1n) is 9.95. The lowest BCUT2D eigenvalue weighted by Crippen LogP contribution is -2.49. The van der Waals surface area contributed by atoms with Gasteiger partial charge in [0.1, 0.15) is 22.6 Å². The van der Waals surface area contributed by atoms with Crippen molar-refractivity contribution in [3.63, 3.8) is 0 Å². The lowest BCUT2D eigenvalue weighted by molar-refractivity contribution is 0.0743. The number of benzene rings is 2. The Kier molecular flexibility index (Phi) is 6.12. The van der Waals surface area contributed by atoms with Crippen LogP contribution in [0.2, 0.25) is 10.0 Å². The number of para-hydroxylation sites is 1. The average molecular weight is 460 g/mol. The number of aryl methyl sites for hydroxylation is 1. The highest BCUT2D eigenvalue weighted by Crippen LogP contribution is 2.35. The SMILES string of the molecule is COc1c(Cl)ccc(Cl)c1C(=O)N1CCN(c2cc(C)c3cccc(OC)c3n2)CC1. The van der Waals surface area contributed by atoms with Crippen LogP contribution in [0.15, 0.2) is 36.4 Å². The molecule has 6 nitrogen and oxygen atoms in total. The Hall–Kier alpha value is -2.70. The van der Waals surface area contributed by atoms with Gasteiger partial charge in [-0.25, -0.2) is 4.98 Å². The van der Waals surface area contributed by atoms with Crippen LogP contribution in [-0.4, -0.2) is 56.2 Å². The van der Waals surface area contributed by atoms with Gasteiger partial charge in [0.05, 0.1) is 24.3 Å². The summed E-state index contributed by atoms with van der Waals surface area (Å²) in [5.74, 6) is 1.74. The maximum atomic E-state index is 13.2. The molecule has 2 heterocycles. The van der Waals surface area contributed by atoms with Crippen LogP contribution in [-0.2, 0) is 0 Å². The average Bonchev–Trinajstić information content (AvgIpc) is 2.79. The molecule has 0 unspecified atom stereocenters. The number of hydrogen-bond donors (Lipinski definition) is 0. The molecular weight excluding hydrogens is 437 g/mol. The molecule has 2 aromatic carbocycles. The normalized spacial score (nSPS) is 14.1. The summed E-state index contributed by atoms with van der Waals surface area (Å²) in [6, 6.07) is 11.2. The van der Waals surface area contributed by atoms with E-state index < -0.39 is 0 Å². The van der Waals surface area contributed by atoms with Crippen LogP contribution in [0.3, 0.4) is 0 Å². The minimum Gasteiger partial charge on any atom is -0.494 e. The van der Waals surface area contributed by atoms with Gasteiger partial charge in [0.15, 0.2) is 5.75 Å². The van der Waals surface area contributed by atoms with Crippen LogP contribution in [0.4, 0.5) is 5.82 Å². The Bertz CT molecular complexity index is 1140. The summed E-state index contributed by atoms with van der Waals surface area (Å²) >= 11 is 12.5. The van der Waals surface area contributed by atoms with E-state index in [0.717, 1.165) is 28.0 Å². The summed E-state index contributed by atoms with van der Waals surface area (Å²) in [6.45, 7) is 4.45. The molecule has 0 N–H and O–H groups in total. The van der Waals surface area contributed by atoms with E-state index in [1.807, 2.05) is 18.2 Å². The molecule has 31 heavy (non-hydrogen) atoms. The number of nitrogens with zero attached hydrogens (tertiary/aromatic N) is 3. The first-order valence-corrected chi connectivity index (χ1v) is 10.7. The third-order valence-electron chi connectivity index (χ3n) is 5.58. The van der Waals surface area contributed by atoms with Crippen molar-refractivity contribution >= 4 is 45.8 Å². The van der Waals surface area contributed by atoms with Gasteiger partial charge in [-0.3, -0.25) is 4.79 Å². The lowest BCUT2D eigenvalue weighted by Gasteiger charge is -2.36. The lowest BCUT2D eigenvalue weighted by atomic mass is 10.1. The molecule has 1 amide bonds. The van der Waals surface area contributed by atoms with E-state index >= 15 is 0 Å². The van der Waals surface area contributed by atoms with Crippen molar-refractivity contribution in [1.82, 2.24) is 9.88 Å². The molecule has 4 rings (SSSR count). The highest BCUT2D eigenvalue weighted by Gasteiger charge is 2.28. The molecule has 162 valence electrons. The Labute approximate surface area is 191 Å². The number of aromatic nitrogens is 1. The molecule has 0 spiro atoms. The zero-order valence-corrected chi connectivity index (χ0v) is 19.1. The van der Waals surface area contributed by atoms with Gasteiger partial charge < -0.3 is 19.3 Å². The number of carbonyl (C=O) groups is 1. The van der Waals surface area contributed by atoms with Crippen molar-refractivity contribution in [3.8, 4) is 11.5 Å². The molecule has 1 saturated heterocycles. The number of amides is 1.